The van der Waals surface area contributed by atoms with E-state index in [0.717, 1.165) is 12.1 Å². The molecule has 0 radical (unpaired) electrons. The molecule has 1 aliphatic rings. The molecule has 0 unspecified atom stereocenters. The Morgan fingerprint density at radius 1 is 1.33 bits per heavy atom. The third-order valence-corrected chi connectivity index (χ3v) is 4.00. The Labute approximate surface area is 135 Å². The van der Waals surface area contributed by atoms with Crippen LogP contribution in [0.3, 0.4) is 0 Å². The molecule has 24 heavy (non-hydrogen) atoms. The minimum atomic E-state index is -4.42. The maximum absolute atomic E-state index is 12.7. The summed E-state index contributed by atoms with van der Waals surface area (Å²) >= 11 is 0. The Balaban J connectivity index is 1.86. The number of aliphatic hydroxyl groups is 1. The van der Waals surface area contributed by atoms with Gasteiger partial charge >= 0.3 is 6.18 Å². The summed E-state index contributed by atoms with van der Waals surface area (Å²) in [7, 11) is 0. The molecule has 1 aromatic heterocycles. The summed E-state index contributed by atoms with van der Waals surface area (Å²) in [5.74, 6) is -0.407. The van der Waals surface area contributed by atoms with Crippen molar-refractivity contribution in [3.63, 3.8) is 0 Å². The van der Waals surface area contributed by atoms with Gasteiger partial charge in [-0.15, -0.1) is 0 Å². The maximum Gasteiger partial charge on any atom is 0.416 e. The van der Waals surface area contributed by atoms with E-state index in [-0.39, 0.29) is 18.7 Å². The molecule has 1 N–H and O–H groups in total. The van der Waals surface area contributed by atoms with Crippen molar-refractivity contribution in [2.45, 2.75) is 31.7 Å². The fourth-order valence-corrected chi connectivity index (χ4v) is 2.85. The monoisotopic (exact) mass is 340 g/mol. The van der Waals surface area contributed by atoms with Gasteiger partial charge in [0.1, 0.15) is 0 Å². The van der Waals surface area contributed by atoms with Crippen LogP contribution in [0, 0.1) is 6.92 Å². The lowest BCUT2D eigenvalue weighted by molar-refractivity contribution is -0.137. The predicted octanol–water partition coefficient (Wildman–Crippen LogP) is 2.95. The zero-order valence-corrected chi connectivity index (χ0v) is 12.7. The van der Waals surface area contributed by atoms with Crippen LogP contribution in [0.15, 0.2) is 34.9 Å². The van der Waals surface area contributed by atoms with E-state index in [2.05, 4.69) is 5.16 Å². The van der Waals surface area contributed by atoms with Gasteiger partial charge in [-0.2, -0.15) is 13.2 Å². The SMILES string of the molecule is Cc1cc(C(=O)N2C[C@H](O)C[C@@H]2c2ccc(C(F)(F)F)cc2)on1. The predicted molar refractivity (Wildman–Crippen MR) is 77.1 cm³/mol. The topological polar surface area (TPSA) is 66.6 Å². The van der Waals surface area contributed by atoms with Crippen LogP contribution in [0.4, 0.5) is 13.2 Å². The second kappa shape index (κ2) is 5.94. The van der Waals surface area contributed by atoms with E-state index in [1.54, 1.807) is 6.92 Å². The Hall–Kier alpha value is -2.35. The molecule has 1 saturated heterocycles. The van der Waals surface area contributed by atoms with Gasteiger partial charge in [0.05, 0.1) is 23.4 Å². The number of β-amino-alcohol motifs (C(OH)–C–C–N with tert-alkyl or cyclic N) is 1. The first-order chi connectivity index (χ1) is 11.3. The largest absolute Gasteiger partial charge is 0.416 e. The zero-order chi connectivity index (χ0) is 17.5. The van der Waals surface area contributed by atoms with Crippen molar-refractivity contribution < 1.29 is 27.6 Å². The van der Waals surface area contributed by atoms with E-state index in [9.17, 15) is 23.1 Å². The summed E-state index contributed by atoms with van der Waals surface area (Å²) in [5.41, 5.74) is 0.321. The standard InChI is InChI=1S/C16H15F3N2O3/c1-9-6-14(24-20-9)15(23)21-8-12(22)7-13(21)10-2-4-11(5-3-10)16(17,18)19/h2-6,12-13,22H,7-8H2,1H3/t12-,13-/m1/s1. The number of hydrogen-bond donors (Lipinski definition) is 1. The van der Waals surface area contributed by atoms with Gasteiger partial charge in [0.15, 0.2) is 0 Å². The van der Waals surface area contributed by atoms with Gasteiger partial charge in [-0.1, -0.05) is 17.3 Å². The number of benzene rings is 1. The molecule has 2 heterocycles. The highest BCUT2D eigenvalue weighted by molar-refractivity contribution is 5.92. The molecule has 1 aliphatic heterocycles. The van der Waals surface area contributed by atoms with Gasteiger partial charge in [-0.25, -0.2) is 0 Å². The average Bonchev–Trinajstić information content (AvgIpc) is 3.12. The smallest absolute Gasteiger partial charge is 0.391 e. The van der Waals surface area contributed by atoms with E-state index in [1.165, 1.54) is 23.1 Å². The Bertz CT molecular complexity index is 740. The van der Waals surface area contributed by atoms with Crippen LogP contribution in [-0.4, -0.2) is 33.7 Å². The minimum absolute atomic E-state index is 0.0403. The second-order valence-electron chi connectivity index (χ2n) is 5.82. The summed E-state index contributed by atoms with van der Waals surface area (Å²) in [6.07, 6.45) is -4.91. The molecule has 2 atom stereocenters. The van der Waals surface area contributed by atoms with Crippen molar-refractivity contribution in [2.24, 2.45) is 0 Å². The van der Waals surface area contributed by atoms with Gasteiger partial charge in [0.25, 0.3) is 5.91 Å². The highest BCUT2D eigenvalue weighted by Gasteiger charge is 2.37. The summed E-state index contributed by atoms with van der Waals surface area (Å²) < 4.78 is 42.9. The first-order valence-electron chi connectivity index (χ1n) is 7.35. The third-order valence-electron chi connectivity index (χ3n) is 4.00. The normalized spacial score (nSPS) is 21.3. The molecule has 8 heteroatoms. The summed E-state index contributed by atoms with van der Waals surface area (Å²) in [5, 5.41) is 13.6. The van der Waals surface area contributed by atoms with Crippen LogP contribution in [0.5, 0.6) is 0 Å². The zero-order valence-electron chi connectivity index (χ0n) is 12.7. The van der Waals surface area contributed by atoms with E-state index < -0.39 is 29.8 Å². The number of carbonyl (C=O) groups excluding carboxylic acids is 1. The Morgan fingerprint density at radius 3 is 2.54 bits per heavy atom. The number of aryl methyl sites for hydroxylation is 1. The fraction of sp³-hybridized carbons (Fsp3) is 0.375. The number of halogens is 3. The number of amides is 1. The number of nitrogens with zero attached hydrogens (tertiary/aromatic N) is 2. The van der Waals surface area contributed by atoms with Gasteiger partial charge in [-0.3, -0.25) is 4.79 Å². The van der Waals surface area contributed by atoms with Crippen LogP contribution in [0.1, 0.15) is 39.8 Å². The summed E-state index contributed by atoms with van der Waals surface area (Å²) in [6, 6.07) is 5.58. The van der Waals surface area contributed by atoms with Crippen molar-refractivity contribution in [1.82, 2.24) is 10.1 Å². The highest BCUT2D eigenvalue weighted by Crippen LogP contribution is 2.35. The van der Waals surface area contributed by atoms with Gasteiger partial charge in [0.2, 0.25) is 5.76 Å². The van der Waals surface area contributed by atoms with E-state index in [0.29, 0.717) is 11.3 Å². The number of aromatic nitrogens is 1. The van der Waals surface area contributed by atoms with Crippen LogP contribution in [-0.2, 0) is 6.18 Å². The number of alkyl halides is 3. The third kappa shape index (κ3) is 3.14. The molecule has 2 aromatic rings. The highest BCUT2D eigenvalue weighted by atomic mass is 19.4. The number of aliphatic hydroxyl groups excluding tert-OH is 1. The Morgan fingerprint density at radius 2 is 2.00 bits per heavy atom. The first kappa shape index (κ1) is 16.5. The number of carbonyl (C=O) groups is 1. The molecule has 1 aromatic carbocycles. The first-order valence-corrected chi connectivity index (χ1v) is 7.35. The molecule has 0 aliphatic carbocycles. The van der Waals surface area contributed by atoms with Crippen molar-refractivity contribution >= 4 is 5.91 Å². The second-order valence-corrected chi connectivity index (χ2v) is 5.82. The van der Waals surface area contributed by atoms with Crippen molar-refractivity contribution in [3.05, 3.63) is 52.9 Å². The van der Waals surface area contributed by atoms with E-state index in [1.807, 2.05) is 0 Å². The molecule has 0 bridgehead atoms. The van der Waals surface area contributed by atoms with Gasteiger partial charge < -0.3 is 14.5 Å². The molecule has 1 fully saturated rings. The van der Waals surface area contributed by atoms with Crippen LogP contribution in [0.2, 0.25) is 0 Å². The molecule has 0 spiro atoms. The Kier molecular flexibility index (Phi) is 4.08. The van der Waals surface area contributed by atoms with E-state index in [4.69, 9.17) is 4.52 Å². The molecular weight excluding hydrogens is 325 g/mol. The fourth-order valence-electron chi connectivity index (χ4n) is 2.85. The molecule has 5 nitrogen and oxygen atoms in total. The lowest BCUT2D eigenvalue weighted by Crippen LogP contribution is -2.31. The van der Waals surface area contributed by atoms with Gasteiger partial charge in [0, 0.05) is 12.6 Å². The van der Waals surface area contributed by atoms with Gasteiger partial charge in [-0.05, 0) is 31.0 Å². The maximum atomic E-state index is 12.7. The number of hydrogen-bond acceptors (Lipinski definition) is 4. The molecular formula is C16H15F3N2O3. The van der Waals surface area contributed by atoms with Crippen molar-refractivity contribution in [1.29, 1.82) is 0 Å². The molecule has 3 rings (SSSR count). The van der Waals surface area contributed by atoms with Crippen LogP contribution in [0.25, 0.3) is 0 Å². The molecule has 0 saturated carbocycles. The van der Waals surface area contributed by atoms with Crippen LogP contribution >= 0.6 is 0 Å². The molecule has 128 valence electrons. The quantitative estimate of drug-likeness (QED) is 0.913. The minimum Gasteiger partial charge on any atom is -0.391 e. The number of rotatable bonds is 2. The number of likely N-dealkylation sites (tertiary alicyclic amines) is 1. The van der Waals surface area contributed by atoms with Crippen molar-refractivity contribution in [2.75, 3.05) is 6.54 Å². The summed E-state index contributed by atoms with van der Waals surface area (Å²) in [4.78, 5) is 13.9. The lowest BCUT2D eigenvalue weighted by atomic mass is 10.0. The summed E-state index contributed by atoms with van der Waals surface area (Å²) in [6.45, 7) is 1.76. The van der Waals surface area contributed by atoms with Crippen LogP contribution < -0.4 is 0 Å². The van der Waals surface area contributed by atoms with Crippen molar-refractivity contribution in [3.8, 4) is 0 Å². The van der Waals surface area contributed by atoms with E-state index >= 15 is 0 Å². The average molecular weight is 340 g/mol. The lowest BCUT2D eigenvalue weighted by Gasteiger charge is -2.23. The molecule has 1 amide bonds.